The van der Waals surface area contributed by atoms with Gasteiger partial charge < -0.3 is 9.88 Å². The molecule has 110 valence electrons. The Bertz CT molecular complexity index is 754. The molecule has 2 aromatic carbocycles. The molecule has 1 unspecified atom stereocenters. The topological polar surface area (TPSA) is 34.0 Å². The Morgan fingerprint density at radius 3 is 2.23 bits per heavy atom. The van der Waals surface area contributed by atoms with E-state index in [1.54, 1.807) is 12.1 Å². The lowest BCUT2D eigenvalue weighted by Gasteiger charge is -2.19. The van der Waals surface area contributed by atoms with Crippen LogP contribution in [0.25, 0.3) is 0 Å². The molecule has 3 rings (SSSR count). The van der Waals surface area contributed by atoms with E-state index in [4.69, 9.17) is 11.6 Å². The molecule has 0 aliphatic carbocycles. The third-order valence-corrected chi connectivity index (χ3v) is 3.75. The van der Waals surface area contributed by atoms with E-state index < -0.39 is 6.04 Å². The second-order valence-electron chi connectivity index (χ2n) is 4.91. The minimum Gasteiger partial charge on any atom is -0.338 e. The predicted octanol–water partition coefficient (Wildman–Crippen LogP) is 4.37. The van der Waals surface area contributed by atoms with Crippen LogP contribution in [0, 0.1) is 0 Å². The number of halogens is 1. The maximum absolute atomic E-state index is 12.8. The number of hydrogen-bond donors (Lipinski definition) is 1. The molecule has 3 aromatic rings. The summed E-state index contributed by atoms with van der Waals surface area (Å²) in [6.07, 6.45) is 3.76. The van der Waals surface area contributed by atoms with Crippen LogP contribution in [0.2, 0.25) is 5.02 Å². The van der Waals surface area contributed by atoms with E-state index in [1.807, 2.05) is 71.6 Å². The zero-order valence-corrected chi connectivity index (χ0v) is 12.6. The van der Waals surface area contributed by atoms with E-state index in [0.29, 0.717) is 10.7 Å². The minimum atomic E-state index is -0.438. The van der Waals surface area contributed by atoms with Gasteiger partial charge in [-0.3, -0.25) is 4.79 Å². The number of aromatic nitrogens is 1. The van der Waals surface area contributed by atoms with Crippen LogP contribution >= 0.6 is 11.6 Å². The van der Waals surface area contributed by atoms with Gasteiger partial charge in [0, 0.05) is 12.4 Å². The van der Waals surface area contributed by atoms with Crippen molar-refractivity contribution in [3.05, 3.63) is 89.7 Å². The van der Waals surface area contributed by atoms with Crippen molar-refractivity contribution in [1.29, 1.82) is 0 Å². The van der Waals surface area contributed by atoms with Crippen LogP contribution in [0.4, 0.5) is 5.69 Å². The number of nitrogens with zero attached hydrogens (tertiary/aromatic N) is 1. The van der Waals surface area contributed by atoms with Gasteiger partial charge in [-0.1, -0.05) is 54.1 Å². The Kier molecular flexibility index (Phi) is 4.26. The molecule has 1 amide bonds. The van der Waals surface area contributed by atoms with E-state index in [2.05, 4.69) is 5.32 Å². The lowest BCUT2D eigenvalue weighted by atomic mass is 10.1. The van der Waals surface area contributed by atoms with Crippen LogP contribution in [0.15, 0.2) is 79.1 Å². The standard InChI is InChI=1S/C18H15ClN2O/c19-15-10-4-5-11-16(15)20-18(22)17(21-12-6-7-13-21)14-8-2-1-3-9-14/h1-13,17H,(H,20,22). The molecule has 1 aromatic heterocycles. The minimum absolute atomic E-state index is 0.129. The highest BCUT2D eigenvalue weighted by molar-refractivity contribution is 6.33. The Morgan fingerprint density at radius 1 is 0.909 bits per heavy atom. The molecule has 3 nitrogen and oxygen atoms in total. The number of benzene rings is 2. The molecular weight excluding hydrogens is 296 g/mol. The Morgan fingerprint density at radius 2 is 1.55 bits per heavy atom. The quantitative estimate of drug-likeness (QED) is 0.763. The highest BCUT2D eigenvalue weighted by Gasteiger charge is 2.22. The van der Waals surface area contributed by atoms with E-state index >= 15 is 0 Å². The van der Waals surface area contributed by atoms with Gasteiger partial charge in [-0.15, -0.1) is 0 Å². The summed E-state index contributed by atoms with van der Waals surface area (Å²) in [6, 6.07) is 20.2. The summed E-state index contributed by atoms with van der Waals surface area (Å²) in [5, 5.41) is 3.43. The van der Waals surface area contributed by atoms with Crippen LogP contribution in [0.1, 0.15) is 11.6 Å². The maximum atomic E-state index is 12.8. The fourth-order valence-electron chi connectivity index (χ4n) is 2.38. The first-order valence-corrected chi connectivity index (χ1v) is 7.36. The van der Waals surface area contributed by atoms with Crippen LogP contribution in [0.5, 0.6) is 0 Å². The van der Waals surface area contributed by atoms with Gasteiger partial charge in [-0.05, 0) is 29.8 Å². The van der Waals surface area contributed by atoms with Crippen molar-refractivity contribution in [3.8, 4) is 0 Å². The van der Waals surface area contributed by atoms with Crippen LogP contribution < -0.4 is 5.32 Å². The number of anilines is 1. The first kappa shape index (κ1) is 14.4. The monoisotopic (exact) mass is 310 g/mol. The highest BCUT2D eigenvalue weighted by atomic mass is 35.5. The molecule has 0 aliphatic rings. The average molecular weight is 311 g/mol. The van der Waals surface area contributed by atoms with Crippen molar-refractivity contribution >= 4 is 23.2 Å². The lowest BCUT2D eigenvalue weighted by Crippen LogP contribution is -2.26. The van der Waals surface area contributed by atoms with Crippen molar-refractivity contribution in [3.63, 3.8) is 0 Å². The molecule has 4 heteroatoms. The molecule has 22 heavy (non-hydrogen) atoms. The fraction of sp³-hybridized carbons (Fsp3) is 0.0556. The first-order chi connectivity index (χ1) is 10.8. The number of amides is 1. The summed E-state index contributed by atoms with van der Waals surface area (Å²) in [7, 11) is 0. The van der Waals surface area contributed by atoms with Gasteiger partial charge in [0.2, 0.25) is 0 Å². The van der Waals surface area contributed by atoms with Crippen molar-refractivity contribution in [2.45, 2.75) is 6.04 Å². The van der Waals surface area contributed by atoms with Crippen LogP contribution in [-0.2, 0) is 4.79 Å². The van der Waals surface area contributed by atoms with Gasteiger partial charge >= 0.3 is 0 Å². The average Bonchev–Trinajstić information content (AvgIpc) is 3.05. The predicted molar refractivity (Wildman–Crippen MR) is 89.1 cm³/mol. The van der Waals surface area contributed by atoms with Crippen molar-refractivity contribution in [1.82, 2.24) is 4.57 Å². The normalized spacial score (nSPS) is 11.9. The van der Waals surface area contributed by atoms with E-state index in [-0.39, 0.29) is 5.91 Å². The second-order valence-corrected chi connectivity index (χ2v) is 5.32. The van der Waals surface area contributed by atoms with Gasteiger partial charge in [0.1, 0.15) is 6.04 Å². The zero-order valence-electron chi connectivity index (χ0n) is 11.8. The van der Waals surface area contributed by atoms with Gasteiger partial charge in [0.25, 0.3) is 5.91 Å². The van der Waals surface area contributed by atoms with Gasteiger partial charge in [0.15, 0.2) is 0 Å². The van der Waals surface area contributed by atoms with E-state index in [0.717, 1.165) is 5.56 Å². The number of carbonyl (C=O) groups excluding carboxylic acids is 1. The third-order valence-electron chi connectivity index (χ3n) is 3.42. The summed E-state index contributed by atoms with van der Waals surface area (Å²) >= 11 is 6.12. The van der Waals surface area contributed by atoms with Crippen molar-refractivity contribution in [2.24, 2.45) is 0 Å². The Hall–Kier alpha value is -2.52. The molecule has 0 fully saturated rings. The molecule has 0 saturated heterocycles. The maximum Gasteiger partial charge on any atom is 0.252 e. The van der Waals surface area contributed by atoms with E-state index in [1.165, 1.54) is 0 Å². The molecule has 0 spiro atoms. The molecule has 0 bridgehead atoms. The number of nitrogens with one attached hydrogen (secondary N) is 1. The van der Waals surface area contributed by atoms with Crippen LogP contribution in [-0.4, -0.2) is 10.5 Å². The summed E-state index contributed by atoms with van der Waals surface area (Å²) in [5.74, 6) is -0.129. The molecule has 1 atom stereocenters. The zero-order chi connectivity index (χ0) is 15.4. The summed E-state index contributed by atoms with van der Waals surface area (Å²) < 4.78 is 1.88. The van der Waals surface area contributed by atoms with Crippen LogP contribution in [0.3, 0.4) is 0 Å². The van der Waals surface area contributed by atoms with Crippen molar-refractivity contribution < 1.29 is 4.79 Å². The first-order valence-electron chi connectivity index (χ1n) is 6.98. The SMILES string of the molecule is O=C(Nc1ccccc1Cl)C(c1ccccc1)n1cccc1. The molecule has 0 saturated carbocycles. The number of para-hydroxylation sites is 1. The van der Waals surface area contributed by atoms with Crippen molar-refractivity contribution in [2.75, 3.05) is 5.32 Å². The molecule has 1 heterocycles. The smallest absolute Gasteiger partial charge is 0.252 e. The Labute approximate surface area is 134 Å². The Balaban J connectivity index is 1.93. The van der Waals surface area contributed by atoms with E-state index in [9.17, 15) is 4.79 Å². The third kappa shape index (κ3) is 3.05. The van der Waals surface area contributed by atoms with Gasteiger partial charge in [-0.25, -0.2) is 0 Å². The fourth-order valence-corrected chi connectivity index (χ4v) is 2.56. The van der Waals surface area contributed by atoms with Gasteiger partial charge in [0.05, 0.1) is 10.7 Å². The summed E-state index contributed by atoms with van der Waals surface area (Å²) in [6.45, 7) is 0. The molecule has 1 N–H and O–H groups in total. The number of rotatable bonds is 4. The highest BCUT2D eigenvalue weighted by Crippen LogP contribution is 2.24. The number of carbonyl (C=O) groups is 1. The lowest BCUT2D eigenvalue weighted by molar-refractivity contribution is -0.118. The summed E-state index contributed by atoms with van der Waals surface area (Å²) in [4.78, 5) is 12.8. The summed E-state index contributed by atoms with van der Waals surface area (Å²) in [5.41, 5.74) is 1.53. The number of hydrogen-bond acceptors (Lipinski definition) is 1. The molecule has 0 radical (unpaired) electrons. The largest absolute Gasteiger partial charge is 0.338 e. The molecule has 0 aliphatic heterocycles. The second kappa shape index (κ2) is 6.50. The molecular formula is C18H15ClN2O. The van der Waals surface area contributed by atoms with Gasteiger partial charge in [-0.2, -0.15) is 0 Å².